The van der Waals surface area contributed by atoms with E-state index in [1.165, 1.54) is 10.5 Å². The number of rotatable bonds is 5. The van der Waals surface area contributed by atoms with Crippen LogP contribution in [-0.4, -0.2) is 14.3 Å². The molecule has 90 valence electrons. The lowest BCUT2D eigenvalue weighted by Gasteiger charge is -2.07. The smallest absolute Gasteiger partial charge is 0.214 e. The molecule has 0 aromatic heterocycles. The van der Waals surface area contributed by atoms with Crippen molar-refractivity contribution in [3.05, 3.63) is 59.7 Å². The van der Waals surface area contributed by atoms with Gasteiger partial charge in [0.1, 0.15) is 0 Å². The van der Waals surface area contributed by atoms with Crippen LogP contribution < -0.4 is 5.23 Å². The van der Waals surface area contributed by atoms with Crippen molar-refractivity contribution in [1.82, 2.24) is 0 Å². The van der Waals surface area contributed by atoms with Gasteiger partial charge in [0.25, 0.3) is 0 Å². The van der Waals surface area contributed by atoms with Gasteiger partial charge in [0, 0.05) is 21.9 Å². The molecule has 2 aromatic rings. The summed E-state index contributed by atoms with van der Waals surface area (Å²) in [7, 11) is 1.83. The van der Waals surface area contributed by atoms with E-state index in [-0.39, 0.29) is 0 Å². The maximum Gasteiger partial charge on any atom is 0.214 e. The second kappa shape index (κ2) is 6.31. The van der Waals surface area contributed by atoms with E-state index in [9.17, 15) is 4.79 Å². The second-order valence-corrected chi connectivity index (χ2v) is 4.94. The van der Waals surface area contributed by atoms with Crippen LogP contribution >= 0.6 is 11.8 Å². The van der Waals surface area contributed by atoms with Gasteiger partial charge in [-0.1, -0.05) is 24.3 Å². The van der Waals surface area contributed by atoms with Crippen LogP contribution in [0.15, 0.2) is 53.4 Å². The fourth-order valence-electron chi connectivity index (χ4n) is 1.70. The number of thioether (sulfide) groups is 1. The highest BCUT2D eigenvalue weighted by atomic mass is 32.2. The van der Waals surface area contributed by atoms with E-state index < -0.39 is 0 Å². The first kappa shape index (κ1) is 12.8. The van der Waals surface area contributed by atoms with E-state index in [2.05, 4.69) is 17.4 Å². The van der Waals surface area contributed by atoms with Crippen LogP contribution in [-0.2, 0) is 5.75 Å². The van der Waals surface area contributed by atoms with E-state index >= 15 is 0 Å². The Hall–Kier alpha value is -1.68. The van der Waals surface area contributed by atoms with Crippen molar-refractivity contribution in [3.8, 4) is 0 Å². The third-order valence-electron chi connectivity index (χ3n) is 2.66. The number of nitrogens with one attached hydrogen (secondary N) is 1. The molecule has 2 nitrogen and oxygen atoms in total. The molecule has 0 spiro atoms. The molecule has 2 rings (SSSR count). The number of carbonyl (C=O) groups excluding carboxylic acids is 1. The Bertz CT molecular complexity index is 531. The molecule has 0 heterocycles. The molecule has 0 saturated heterocycles. The third-order valence-corrected chi connectivity index (χ3v) is 3.75. The van der Waals surface area contributed by atoms with Gasteiger partial charge in [-0.25, -0.2) is 0 Å². The first-order valence-electron chi connectivity index (χ1n) is 5.77. The Morgan fingerprint density at radius 1 is 1.17 bits per heavy atom. The maximum atomic E-state index is 10.8. The Balaban J connectivity index is 2.08. The van der Waals surface area contributed by atoms with Crippen molar-refractivity contribution < 1.29 is 4.79 Å². The van der Waals surface area contributed by atoms with E-state index in [1.807, 2.05) is 44.4 Å². The molecule has 0 fully saturated rings. The lowest BCUT2D eigenvalue weighted by atomic mass is 10.1. The molecule has 0 amide bonds. The highest BCUT2D eigenvalue weighted by Crippen LogP contribution is 2.24. The predicted octanol–water partition coefficient (Wildman–Crippen LogP) is 2.75. The van der Waals surface area contributed by atoms with Crippen LogP contribution in [0, 0.1) is 0 Å². The van der Waals surface area contributed by atoms with Gasteiger partial charge in [-0.15, -0.1) is 11.8 Å². The zero-order valence-corrected chi connectivity index (χ0v) is 11.0. The number of aldehydes is 1. The molecule has 18 heavy (non-hydrogen) atoms. The number of anilines is 1. The van der Waals surface area contributed by atoms with Crippen LogP contribution in [0.1, 0.15) is 15.9 Å². The topological polar surface area (TPSA) is 29.1 Å². The zero-order valence-electron chi connectivity index (χ0n) is 10.2. The van der Waals surface area contributed by atoms with E-state index in [4.69, 9.17) is 0 Å². The number of carbonyl (C=O) groups is 1. The summed E-state index contributed by atoms with van der Waals surface area (Å²) < 4.78 is 0. The van der Waals surface area contributed by atoms with Gasteiger partial charge in [-0.05, 0) is 29.8 Å². The first-order valence-corrected chi connectivity index (χ1v) is 6.76. The molecule has 0 aliphatic carbocycles. The van der Waals surface area contributed by atoms with Crippen LogP contribution in [0.25, 0.3) is 0 Å². The van der Waals surface area contributed by atoms with Gasteiger partial charge in [-0.3, -0.25) is 4.79 Å². The second-order valence-electron chi connectivity index (χ2n) is 3.89. The minimum Gasteiger partial charge on any atom is -0.434 e. The van der Waals surface area contributed by atoms with Crippen LogP contribution in [0.2, 0.25) is 0 Å². The molecular weight excluding hydrogens is 241 g/mol. The summed E-state index contributed by atoms with van der Waals surface area (Å²) in [6.07, 6.45) is 0.875. The SMILES string of the molecule is BNc1cc(CSc2ccccc2)ccc1C=O. The molecule has 0 aliphatic heterocycles. The molecule has 0 saturated carbocycles. The Kier molecular flexibility index (Phi) is 4.48. The minimum absolute atomic E-state index is 0.700. The predicted molar refractivity (Wildman–Crippen MR) is 80.0 cm³/mol. The van der Waals surface area contributed by atoms with Crippen molar-refractivity contribution in [2.45, 2.75) is 10.6 Å². The zero-order chi connectivity index (χ0) is 12.8. The molecule has 0 atom stereocenters. The number of benzene rings is 2. The lowest BCUT2D eigenvalue weighted by molar-refractivity contribution is 0.112. The van der Waals surface area contributed by atoms with Crippen molar-refractivity contribution in [2.24, 2.45) is 0 Å². The molecule has 0 unspecified atom stereocenters. The summed E-state index contributed by atoms with van der Waals surface area (Å²) in [5.41, 5.74) is 2.79. The lowest BCUT2D eigenvalue weighted by Crippen LogP contribution is -1.97. The van der Waals surface area contributed by atoms with Gasteiger partial charge < -0.3 is 5.23 Å². The van der Waals surface area contributed by atoms with Crippen molar-refractivity contribution in [2.75, 3.05) is 5.23 Å². The molecule has 0 aliphatic rings. The quantitative estimate of drug-likeness (QED) is 0.506. The van der Waals surface area contributed by atoms with Crippen LogP contribution in [0.3, 0.4) is 0 Å². The number of hydrogen-bond acceptors (Lipinski definition) is 3. The highest BCUT2D eigenvalue weighted by molar-refractivity contribution is 7.98. The van der Waals surface area contributed by atoms with Gasteiger partial charge in [0.05, 0.1) is 0 Å². The molecule has 1 N–H and O–H groups in total. The standard InChI is InChI=1S/C14H14BNOS/c15-16-14-8-11(6-7-12(14)9-17)10-18-13-4-2-1-3-5-13/h1-9,16H,10,15H2. The highest BCUT2D eigenvalue weighted by Gasteiger charge is 2.02. The summed E-state index contributed by atoms with van der Waals surface area (Å²) in [6.45, 7) is 0. The fraction of sp³-hybridized carbons (Fsp3) is 0.0714. The van der Waals surface area contributed by atoms with E-state index in [0.717, 1.165) is 17.7 Å². The van der Waals surface area contributed by atoms with Gasteiger partial charge in [0.15, 0.2) is 6.29 Å². The molecule has 2 aromatic carbocycles. The largest absolute Gasteiger partial charge is 0.434 e. The fourth-order valence-corrected chi connectivity index (χ4v) is 2.56. The van der Waals surface area contributed by atoms with Crippen molar-refractivity contribution in [3.63, 3.8) is 0 Å². The summed E-state index contributed by atoms with van der Waals surface area (Å²) in [5.74, 6) is 0.901. The van der Waals surface area contributed by atoms with Gasteiger partial charge in [0.2, 0.25) is 7.98 Å². The summed E-state index contributed by atoms with van der Waals surface area (Å²) >= 11 is 1.79. The van der Waals surface area contributed by atoms with E-state index in [0.29, 0.717) is 5.56 Å². The Labute approximate surface area is 112 Å². The average molecular weight is 255 g/mol. The van der Waals surface area contributed by atoms with Gasteiger partial charge >= 0.3 is 0 Å². The summed E-state index contributed by atoms with van der Waals surface area (Å²) in [4.78, 5) is 12.1. The van der Waals surface area contributed by atoms with Crippen LogP contribution in [0.5, 0.6) is 0 Å². The normalized spacial score (nSPS) is 10.0. The Morgan fingerprint density at radius 2 is 1.94 bits per heavy atom. The van der Waals surface area contributed by atoms with Crippen molar-refractivity contribution in [1.29, 1.82) is 0 Å². The van der Waals surface area contributed by atoms with E-state index in [1.54, 1.807) is 11.8 Å². The monoisotopic (exact) mass is 255 g/mol. The number of hydrogen-bond donors (Lipinski definition) is 1. The molecular formula is C14H14BNOS. The first-order chi connectivity index (χ1) is 8.83. The molecule has 0 radical (unpaired) electrons. The Morgan fingerprint density at radius 3 is 2.61 bits per heavy atom. The summed E-state index contributed by atoms with van der Waals surface area (Å²) in [6, 6.07) is 16.2. The third kappa shape index (κ3) is 3.17. The average Bonchev–Trinajstić information content (AvgIpc) is 2.45. The minimum atomic E-state index is 0.700. The summed E-state index contributed by atoms with van der Waals surface area (Å²) in [5, 5.41) is 3.04. The molecule has 0 bridgehead atoms. The van der Waals surface area contributed by atoms with Crippen LogP contribution in [0.4, 0.5) is 5.69 Å². The van der Waals surface area contributed by atoms with Crippen molar-refractivity contribution >= 4 is 31.7 Å². The molecule has 4 heteroatoms. The van der Waals surface area contributed by atoms with Gasteiger partial charge in [-0.2, -0.15) is 0 Å². The maximum absolute atomic E-state index is 10.8.